The van der Waals surface area contributed by atoms with Gasteiger partial charge in [0.1, 0.15) is 51.9 Å². The Balaban J connectivity index is 1.32. The first-order chi connectivity index (χ1) is 24.7. The van der Waals surface area contributed by atoms with Gasteiger partial charge >= 0.3 is 0 Å². The van der Waals surface area contributed by atoms with Crippen LogP contribution < -0.4 is 4.74 Å². The molecule has 0 spiro atoms. The highest BCUT2D eigenvalue weighted by Crippen LogP contribution is 2.50. The van der Waals surface area contributed by atoms with Crippen LogP contribution in [-0.2, 0) is 25.7 Å². The van der Waals surface area contributed by atoms with Gasteiger partial charge in [-0.3, -0.25) is 4.79 Å². The van der Waals surface area contributed by atoms with E-state index in [9.17, 15) is 35.4 Å². The van der Waals surface area contributed by atoms with Crippen molar-refractivity contribution < 1.29 is 40.2 Å². The Hall–Kier alpha value is -6.41. The van der Waals surface area contributed by atoms with Crippen LogP contribution in [0.5, 0.6) is 40.2 Å². The molecule has 0 aromatic heterocycles. The van der Waals surface area contributed by atoms with E-state index in [0.29, 0.717) is 35.1 Å². The van der Waals surface area contributed by atoms with Crippen LogP contribution in [-0.4, -0.2) is 36.4 Å². The van der Waals surface area contributed by atoms with Gasteiger partial charge in [0.15, 0.2) is 5.78 Å². The van der Waals surface area contributed by atoms with Gasteiger partial charge in [-0.05, 0) is 63.2 Å². The number of phenolic OH excluding ortho intramolecular Hbond substituents is 6. The number of carbonyl (C=O) groups is 1. The number of ether oxygens (including phenoxy) is 1. The summed E-state index contributed by atoms with van der Waals surface area (Å²) in [6.45, 7) is 0. The maximum Gasteiger partial charge on any atom is 0.174 e. The molecular formula is C43H36O8. The molecule has 51 heavy (non-hydrogen) atoms. The number of hydrogen-bond donors (Lipinski definition) is 6. The second-order valence-electron chi connectivity index (χ2n) is 12.9. The second-order valence-corrected chi connectivity index (χ2v) is 12.9. The lowest BCUT2D eigenvalue weighted by molar-refractivity contribution is 0.0842. The maximum atomic E-state index is 13.9. The highest BCUT2D eigenvalue weighted by atomic mass is 16.5. The summed E-state index contributed by atoms with van der Waals surface area (Å²) in [5.41, 5.74) is 4.69. The van der Waals surface area contributed by atoms with Gasteiger partial charge < -0.3 is 35.4 Å². The topological polar surface area (TPSA) is 148 Å². The Labute approximate surface area is 294 Å². The van der Waals surface area contributed by atoms with Crippen molar-refractivity contribution >= 4 is 5.78 Å². The van der Waals surface area contributed by atoms with Crippen molar-refractivity contribution in [2.75, 3.05) is 0 Å². The molecule has 6 aromatic rings. The van der Waals surface area contributed by atoms with Crippen LogP contribution in [0.1, 0.15) is 73.0 Å². The molecule has 6 N–H and O–H groups in total. The molecule has 1 heterocycles. The minimum Gasteiger partial charge on any atom is -0.508 e. The summed E-state index contributed by atoms with van der Waals surface area (Å²) >= 11 is 0. The monoisotopic (exact) mass is 680 g/mol. The van der Waals surface area contributed by atoms with Gasteiger partial charge in [0.05, 0.1) is 6.42 Å². The number of ketones is 1. The molecule has 1 aliphatic rings. The quantitative estimate of drug-likeness (QED) is 0.0901. The van der Waals surface area contributed by atoms with Gasteiger partial charge in [0.25, 0.3) is 0 Å². The Bertz CT molecular complexity index is 2260. The van der Waals surface area contributed by atoms with Crippen molar-refractivity contribution in [3.8, 4) is 40.2 Å². The molecule has 0 saturated carbocycles. The number of carbonyl (C=O) groups excluding carboxylic acids is 1. The van der Waals surface area contributed by atoms with E-state index in [-0.39, 0.29) is 76.2 Å². The third-order valence-corrected chi connectivity index (χ3v) is 9.47. The maximum absolute atomic E-state index is 13.9. The van der Waals surface area contributed by atoms with Gasteiger partial charge in [-0.25, -0.2) is 0 Å². The van der Waals surface area contributed by atoms with E-state index in [0.717, 1.165) is 16.7 Å². The second kappa shape index (κ2) is 13.8. The number of hydrogen-bond acceptors (Lipinski definition) is 8. The minimum absolute atomic E-state index is 0.0266. The molecule has 0 fully saturated rings. The predicted octanol–water partition coefficient (Wildman–Crippen LogP) is 7.99. The summed E-state index contributed by atoms with van der Waals surface area (Å²) in [7, 11) is 0. The van der Waals surface area contributed by atoms with Crippen molar-refractivity contribution in [3.05, 3.63) is 171 Å². The first-order valence-electron chi connectivity index (χ1n) is 16.7. The van der Waals surface area contributed by atoms with Crippen LogP contribution >= 0.6 is 0 Å². The average Bonchev–Trinajstić information content (AvgIpc) is 3.13. The van der Waals surface area contributed by atoms with Crippen LogP contribution in [0.4, 0.5) is 0 Å². The molecular weight excluding hydrogens is 644 g/mol. The number of aromatic hydroxyl groups is 6. The summed E-state index contributed by atoms with van der Waals surface area (Å²) in [6, 6.07) is 33.2. The molecule has 0 aliphatic carbocycles. The lowest BCUT2D eigenvalue weighted by Crippen LogP contribution is -2.22. The van der Waals surface area contributed by atoms with Crippen LogP contribution in [0.3, 0.4) is 0 Å². The first-order valence-corrected chi connectivity index (χ1v) is 16.7. The first kappa shape index (κ1) is 33.1. The van der Waals surface area contributed by atoms with E-state index >= 15 is 0 Å². The van der Waals surface area contributed by atoms with Gasteiger partial charge in [-0.1, -0.05) is 91.0 Å². The normalized spacial score (nSPS) is 13.8. The molecule has 0 bridgehead atoms. The summed E-state index contributed by atoms with van der Waals surface area (Å²) in [4.78, 5) is 13.9. The molecule has 0 unspecified atom stereocenters. The summed E-state index contributed by atoms with van der Waals surface area (Å²) < 4.78 is 6.43. The lowest BCUT2D eigenvalue weighted by Gasteiger charge is -2.30. The fourth-order valence-electron chi connectivity index (χ4n) is 6.76. The summed E-state index contributed by atoms with van der Waals surface area (Å²) in [6.07, 6.45) is -0.158. The zero-order valence-corrected chi connectivity index (χ0v) is 27.6. The molecule has 0 radical (unpaired) electrons. The van der Waals surface area contributed by atoms with E-state index in [4.69, 9.17) is 4.74 Å². The summed E-state index contributed by atoms with van der Waals surface area (Å²) in [5, 5.41) is 66.2. The van der Waals surface area contributed by atoms with Gasteiger partial charge in [0, 0.05) is 36.8 Å². The number of phenols is 6. The van der Waals surface area contributed by atoms with E-state index in [2.05, 4.69) is 0 Å². The fraction of sp³-hybridized carbons (Fsp3) is 0.140. The third-order valence-electron chi connectivity index (χ3n) is 9.47. The van der Waals surface area contributed by atoms with Gasteiger partial charge in [0.2, 0.25) is 0 Å². The molecule has 0 saturated heterocycles. The number of fused-ring (bicyclic) bond motifs is 1. The Morgan fingerprint density at radius 3 is 1.55 bits per heavy atom. The standard InChI is InChI=1S/C43H36O8/c44-34-12-6-4-10-28(34)18-25-14-16-36(46)30(20-25)22-32-41(49)33(23-31-21-26(15-17-37(31)47)19-29-11-5-7-13-35(29)45)43-40(42(32)50)38(48)24-39(51-43)27-8-2-1-3-9-27/h1-17,20-21,39,44-47,49-50H,18-19,22-24H2/t39-/m0/s1. The van der Waals surface area contributed by atoms with E-state index in [1.807, 2.05) is 48.5 Å². The van der Waals surface area contributed by atoms with Crippen molar-refractivity contribution in [2.45, 2.75) is 38.2 Å². The largest absolute Gasteiger partial charge is 0.508 e. The van der Waals surface area contributed by atoms with Crippen molar-refractivity contribution in [1.82, 2.24) is 0 Å². The Morgan fingerprint density at radius 2 is 1.00 bits per heavy atom. The highest BCUT2D eigenvalue weighted by molar-refractivity contribution is 6.04. The predicted molar refractivity (Wildman–Crippen MR) is 192 cm³/mol. The van der Waals surface area contributed by atoms with Crippen LogP contribution in [0.25, 0.3) is 0 Å². The average molecular weight is 681 g/mol. The third kappa shape index (κ3) is 6.76. The molecule has 1 atom stereocenters. The lowest BCUT2D eigenvalue weighted by atomic mass is 9.87. The SMILES string of the molecule is O=C1C[C@@H](c2ccccc2)Oc2c(Cc3cc(Cc4ccccc4O)ccc3O)c(O)c(Cc3cc(Cc4ccccc4O)ccc3O)c(O)c21. The summed E-state index contributed by atoms with van der Waals surface area (Å²) in [5.74, 6) is -0.947. The molecule has 256 valence electrons. The van der Waals surface area contributed by atoms with Crippen LogP contribution in [0, 0.1) is 0 Å². The minimum atomic E-state index is -0.675. The van der Waals surface area contributed by atoms with Crippen molar-refractivity contribution in [3.63, 3.8) is 0 Å². The van der Waals surface area contributed by atoms with E-state index in [1.54, 1.807) is 60.7 Å². The van der Waals surface area contributed by atoms with E-state index < -0.39 is 11.9 Å². The molecule has 1 aliphatic heterocycles. The van der Waals surface area contributed by atoms with Gasteiger partial charge in [-0.2, -0.15) is 0 Å². The fourth-order valence-corrected chi connectivity index (χ4v) is 6.76. The number of rotatable bonds is 9. The molecule has 8 nitrogen and oxygen atoms in total. The Kier molecular flexibility index (Phi) is 8.98. The molecule has 6 aromatic carbocycles. The molecule has 0 amide bonds. The van der Waals surface area contributed by atoms with E-state index in [1.165, 1.54) is 6.07 Å². The van der Waals surface area contributed by atoms with Crippen molar-refractivity contribution in [2.24, 2.45) is 0 Å². The van der Waals surface area contributed by atoms with Crippen molar-refractivity contribution in [1.29, 1.82) is 0 Å². The van der Waals surface area contributed by atoms with Crippen LogP contribution in [0.15, 0.2) is 115 Å². The van der Waals surface area contributed by atoms with Crippen LogP contribution in [0.2, 0.25) is 0 Å². The number of benzene rings is 6. The van der Waals surface area contributed by atoms with Gasteiger partial charge in [-0.15, -0.1) is 0 Å². The number of Topliss-reactive ketones (excluding diaryl/α,β-unsaturated/α-hetero) is 1. The highest BCUT2D eigenvalue weighted by Gasteiger charge is 2.36. The smallest absolute Gasteiger partial charge is 0.174 e. The zero-order valence-electron chi connectivity index (χ0n) is 27.6. The zero-order chi connectivity index (χ0) is 35.6. The molecule has 7 rings (SSSR count). The molecule has 8 heteroatoms. The Morgan fingerprint density at radius 1 is 0.510 bits per heavy atom. The number of para-hydroxylation sites is 2.